The number of amides is 1. The number of carbonyl (C=O) groups excluding carboxylic acids is 2. The summed E-state index contributed by atoms with van der Waals surface area (Å²) in [4.78, 5) is 28.1. The number of carbonyl (C=O) groups is 2. The van der Waals surface area contributed by atoms with Gasteiger partial charge in [-0.3, -0.25) is 9.59 Å². The third kappa shape index (κ3) is 5.36. The average molecular weight is 557 g/mol. The lowest BCUT2D eigenvalue weighted by molar-refractivity contribution is -0.148. The van der Waals surface area contributed by atoms with Crippen LogP contribution < -0.4 is 10.0 Å². The maximum Gasteiger partial charge on any atom is 0.287 e. The van der Waals surface area contributed by atoms with Gasteiger partial charge < -0.3 is 10.2 Å². The number of halogens is 1. The van der Waals surface area contributed by atoms with E-state index in [4.69, 9.17) is 0 Å². The Hall–Kier alpha value is -2.68. The number of fused-ring (bicyclic) bond motifs is 1. The van der Waals surface area contributed by atoms with Gasteiger partial charge in [-0.2, -0.15) is 8.42 Å². The van der Waals surface area contributed by atoms with Gasteiger partial charge in [-0.05, 0) is 29.0 Å². The molecule has 194 valence electrons. The monoisotopic (exact) mass is 556 g/mol. The summed E-state index contributed by atoms with van der Waals surface area (Å²) in [6.07, 6.45) is 0.966. The second kappa shape index (κ2) is 9.65. The molecule has 1 fully saturated rings. The highest BCUT2D eigenvalue weighted by Gasteiger charge is 2.47. The first kappa shape index (κ1) is 26.4. The van der Waals surface area contributed by atoms with Gasteiger partial charge in [0.2, 0.25) is 15.9 Å². The van der Waals surface area contributed by atoms with Gasteiger partial charge >= 0.3 is 0 Å². The van der Waals surface area contributed by atoms with Crippen molar-refractivity contribution in [1.82, 2.24) is 9.62 Å². The number of thiophene rings is 1. The number of rotatable bonds is 7. The van der Waals surface area contributed by atoms with Gasteiger partial charge in [0.15, 0.2) is 11.7 Å². The molecule has 1 saturated heterocycles. The Bertz CT molecular complexity index is 1450. The van der Waals surface area contributed by atoms with E-state index in [1.165, 1.54) is 22.4 Å². The van der Waals surface area contributed by atoms with E-state index in [1.54, 1.807) is 12.1 Å². The maximum atomic E-state index is 13.6. The average Bonchev–Trinajstić information content (AvgIpc) is 3.19. The number of likely N-dealkylation sites (tertiary alicyclic amines) is 1. The number of amidine groups is 1. The SMILES string of the molecule is CC(C)C1CC(=O)C(C2=NS(=O)(=O)c3c(CNS(C)(=O)=O)csc3N2)C(=O)N1Cc1ccc(F)cc1. The first-order valence-electron chi connectivity index (χ1n) is 11.0. The summed E-state index contributed by atoms with van der Waals surface area (Å²) in [5, 5.41) is 4.46. The third-order valence-electron chi connectivity index (χ3n) is 6.03. The van der Waals surface area contributed by atoms with Crippen LogP contribution in [0, 0.1) is 17.7 Å². The number of nitrogens with zero attached hydrogens (tertiary/aromatic N) is 2. The van der Waals surface area contributed by atoms with Gasteiger partial charge in [0.25, 0.3) is 10.0 Å². The van der Waals surface area contributed by atoms with Crippen LogP contribution in [0.1, 0.15) is 31.4 Å². The summed E-state index contributed by atoms with van der Waals surface area (Å²) in [5.74, 6) is -3.24. The van der Waals surface area contributed by atoms with E-state index in [-0.39, 0.29) is 46.7 Å². The molecule has 2 aliphatic heterocycles. The molecule has 10 nitrogen and oxygen atoms in total. The number of piperidine rings is 1. The fraction of sp³-hybridized carbons (Fsp3) is 0.409. The summed E-state index contributed by atoms with van der Waals surface area (Å²) >= 11 is 1.01. The Morgan fingerprint density at radius 1 is 1.25 bits per heavy atom. The van der Waals surface area contributed by atoms with Crippen LogP contribution in [-0.4, -0.2) is 51.6 Å². The Balaban J connectivity index is 1.66. The molecule has 1 amide bonds. The van der Waals surface area contributed by atoms with Crippen LogP contribution in [0.2, 0.25) is 0 Å². The molecule has 0 spiro atoms. The summed E-state index contributed by atoms with van der Waals surface area (Å²) in [5.41, 5.74) is 0.869. The topological polar surface area (TPSA) is 142 Å². The highest BCUT2D eigenvalue weighted by molar-refractivity contribution is 7.91. The standard InChI is InChI=1S/C22H25FN4O6S3/c1-12(2)16-8-17(28)18(22(29)27(16)10-13-4-6-15(23)7-5-13)20-25-21-19(36(32,33)26-20)14(11-34-21)9-24-35(3,30)31/h4-7,11-12,16,18,24H,8-10H2,1-3H3,(H,25,26). The van der Waals surface area contributed by atoms with E-state index >= 15 is 0 Å². The van der Waals surface area contributed by atoms with E-state index in [0.29, 0.717) is 5.56 Å². The predicted octanol–water partition coefficient (Wildman–Crippen LogP) is 2.09. The van der Waals surface area contributed by atoms with Crippen molar-refractivity contribution in [2.24, 2.45) is 16.2 Å². The first-order chi connectivity index (χ1) is 16.8. The van der Waals surface area contributed by atoms with Gasteiger partial charge in [0.1, 0.15) is 21.5 Å². The van der Waals surface area contributed by atoms with E-state index in [0.717, 1.165) is 17.6 Å². The zero-order valence-corrected chi connectivity index (χ0v) is 22.1. The molecule has 0 radical (unpaired) electrons. The number of Topliss-reactive ketones (excluding diaryl/α,β-unsaturated/α-hetero) is 1. The van der Waals surface area contributed by atoms with Crippen LogP contribution in [0.3, 0.4) is 0 Å². The lowest BCUT2D eigenvalue weighted by Crippen LogP contribution is -2.56. The molecule has 2 N–H and O–H groups in total. The zero-order chi connectivity index (χ0) is 26.4. The Morgan fingerprint density at radius 2 is 1.92 bits per heavy atom. The van der Waals surface area contributed by atoms with E-state index in [9.17, 15) is 30.8 Å². The van der Waals surface area contributed by atoms with Crippen LogP contribution in [-0.2, 0) is 42.7 Å². The fourth-order valence-corrected chi connectivity index (χ4v) is 7.33. The van der Waals surface area contributed by atoms with Crippen molar-refractivity contribution in [2.45, 2.75) is 44.3 Å². The molecule has 4 rings (SSSR count). The molecule has 36 heavy (non-hydrogen) atoms. The normalized spacial score (nSPS) is 21.8. The van der Waals surface area contributed by atoms with E-state index < -0.39 is 49.5 Å². The minimum absolute atomic E-state index is 0.0108. The van der Waals surface area contributed by atoms with Gasteiger partial charge in [-0.15, -0.1) is 15.7 Å². The van der Waals surface area contributed by atoms with Gasteiger partial charge in [-0.1, -0.05) is 26.0 Å². The number of hydrogen-bond donors (Lipinski definition) is 2. The van der Waals surface area contributed by atoms with E-state index in [1.807, 2.05) is 13.8 Å². The Kier molecular flexibility index (Phi) is 7.07. The lowest BCUT2D eigenvalue weighted by Gasteiger charge is -2.41. The van der Waals surface area contributed by atoms with Gasteiger partial charge in [-0.25, -0.2) is 17.5 Å². The van der Waals surface area contributed by atoms with Gasteiger partial charge in [0, 0.05) is 31.1 Å². The zero-order valence-electron chi connectivity index (χ0n) is 19.7. The van der Waals surface area contributed by atoms with Crippen molar-refractivity contribution < 1.29 is 30.8 Å². The summed E-state index contributed by atoms with van der Waals surface area (Å²) in [7, 11) is -7.88. The van der Waals surface area contributed by atoms with Crippen molar-refractivity contribution in [2.75, 3.05) is 11.6 Å². The van der Waals surface area contributed by atoms with Crippen LogP contribution in [0.25, 0.3) is 0 Å². The Morgan fingerprint density at radius 3 is 2.53 bits per heavy atom. The minimum Gasteiger partial charge on any atom is -0.334 e. The molecule has 3 heterocycles. The summed E-state index contributed by atoms with van der Waals surface area (Å²) in [6, 6.07) is 5.25. The fourth-order valence-electron chi connectivity index (χ4n) is 4.27. The lowest BCUT2D eigenvalue weighted by atomic mass is 9.84. The largest absolute Gasteiger partial charge is 0.334 e. The number of anilines is 1. The smallest absolute Gasteiger partial charge is 0.287 e. The molecule has 2 atom stereocenters. The van der Waals surface area contributed by atoms with Crippen molar-refractivity contribution >= 4 is 53.9 Å². The summed E-state index contributed by atoms with van der Waals surface area (Å²) in [6.45, 7) is 3.64. The van der Waals surface area contributed by atoms with Crippen molar-refractivity contribution in [3.05, 3.63) is 46.6 Å². The minimum atomic E-state index is -4.32. The van der Waals surface area contributed by atoms with Crippen molar-refractivity contribution in [3.8, 4) is 0 Å². The number of hydrogen-bond acceptors (Lipinski definition) is 8. The van der Waals surface area contributed by atoms with Crippen LogP contribution >= 0.6 is 11.3 Å². The number of benzene rings is 1. The van der Waals surface area contributed by atoms with E-state index in [2.05, 4.69) is 14.4 Å². The first-order valence-corrected chi connectivity index (χ1v) is 15.2. The second-order valence-corrected chi connectivity index (χ2v) is 13.4. The van der Waals surface area contributed by atoms with Crippen molar-refractivity contribution in [3.63, 3.8) is 0 Å². The molecule has 2 aromatic rings. The molecule has 1 aromatic carbocycles. The molecule has 2 unspecified atom stereocenters. The number of sulfonamides is 2. The molecule has 0 bridgehead atoms. The van der Waals surface area contributed by atoms with Crippen LogP contribution in [0.15, 0.2) is 38.9 Å². The molecular formula is C22H25FN4O6S3. The number of ketones is 1. The Labute approximate surface area is 212 Å². The van der Waals surface area contributed by atoms with Crippen LogP contribution in [0.4, 0.5) is 9.39 Å². The molecule has 0 saturated carbocycles. The highest BCUT2D eigenvalue weighted by Crippen LogP contribution is 2.39. The third-order valence-corrected chi connectivity index (χ3v) is 9.19. The number of nitrogens with one attached hydrogen (secondary N) is 2. The predicted molar refractivity (Wildman–Crippen MR) is 133 cm³/mol. The molecule has 1 aromatic heterocycles. The molecule has 14 heteroatoms. The highest BCUT2D eigenvalue weighted by atomic mass is 32.2. The second-order valence-electron chi connectivity index (χ2n) is 9.10. The quantitative estimate of drug-likeness (QED) is 0.497. The van der Waals surface area contributed by atoms with Crippen LogP contribution in [0.5, 0.6) is 0 Å². The molecular weight excluding hydrogens is 531 g/mol. The maximum absolute atomic E-state index is 13.6. The summed E-state index contributed by atoms with van der Waals surface area (Å²) < 4.78 is 68.4. The molecule has 0 aliphatic carbocycles. The van der Waals surface area contributed by atoms with Crippen molar-refractivity contribution in [1.29, 1.82) is 0 Å². The molecule has 2 aliphatic rings. The van der Waals surface area contributed by atoms with Gasteiger partial charge in [0.05, 0.1) is 6.26 Å².